The molecule has 1 N–H and O–H groups in total. The van der Waals surface area contributed by atoms with E-state index in [4.69, 9.17) is 4.74 Å². The van der Waals surface area contributed by atoms with Gasteiger partial charge in [-0.05, 0) is 19.4 Å². The van der Waals surface area contributed by atoms with Gasteiger partial charge >= 0.3 is 0 Å². The molecule has 0 unspecified atom stereocenters. The number of nitrogens with zero attached hydrogens (tertiary/aromatic N) is 2. The van der Waals surface area contributed by atoms with Gasteiger partial charge < -0.3 is 4.74 Å². The zero-order chi connectivity index (χ0) is 10.7. The predicted octanol–water partition coefficient (Wildman–Crippen LogP) is 2.45. The van der Waals surface area contributed by atoms with Crippen LogP contribution in [-0.2, 0) is 0 Å². The van der Waals surface area contributed by atoms with Crippen LogP contribution in [0.4, 0.5) is 0 Å². The normalized spacial score (nSPS) is 10.8. The van der Waals surface area contributed by atoms with Crippen molar-refractivity contribution in [3.05, 3.63) is 18.0 Å². The predicted molar refractivity (Wildman–Crippen MR) is 59.0 cm³/mol. The molecule has 2 aromatic rings. The number of unbranched alkanes of at least 4 members (excludes halogenated alkanes) is 1. The summed E-state index contributed by atoms with van der Waals surface area (Å²) in [7, 11) is 0. The van der Waals surface area contributed by atoms with Gasteiger partial charge in [0.1, 0.15) is 5.75 Å². The molecule has 0 fully saturated rings. The molecule has 0 radical (unpaired) electrons. The summed E-state index contributed by atoms with van der Waals surface area (Å²) in [6, 6.07) is 1.98. The summed E-state index contributed by atoms with van der Waals surface area (Å²) in [5, 5.41) is 8.00. The van der Waals surface area contributed by atoms with Gasteiger partial charge in [-0.1, -0.05) is 13.3 Å². The van der Waals surface area contributed by atoms with E-state index in [1.165, 1.54) is 0 Å². The molecule has 0 atom stereocenters. The van der Waals surface area contributed by atoms with Gasteiger partial charge in [0.2, 0.25) is 0 Å². The van der Waals surface area contributed by atoms with Crippen LogP contribution >= 0.6 is 0 Å². The van der Waals surface area contributed by atoms with E-state index in [1.807, 2.05) is 13.0 Å². The molecule has 0 bridgehead atoms. The van der Waals surface area contributed by atoms with Gasteiger partial charge in [0.25, 0.3) is 0 Å². The molecule has 0 aliphatic carbocycles. The Morgan fingerprint density at radius 2 is 2.33 bits per heavy atom. The molecule has 2 heterocycles. The minimum absolute atomic E-state index is 0.746. The average Bonchev–Trinajstić information content (AvgIpc) is 2.61. The maximum Gasteiger partial charge on any atom is 0.181 e. The quantitative estimate of drug-likeness (QED) is 0.780. The molecule has 2 aromatic heterocycles. The first-order chi connectivity index (χ1) is 7.31. The van der Waals surface area contributed by atoms with Gasteiger partial charge in [-0.3, -0.25) is 5.10 Å². The van der Waals surface area contributed by atoms with Gasteiger partial charge in [-0.15, -0.1) is 0 Å². The molecule has 0 aliphatic heterocycles. The minimum Gasteiger partial charge on any atom is -0.492 e. The molecule has 0 saturated carbocycles. The van der Waals surface area contributed by atoms with E-state index in [0.29, 0.717) is 0 Å². The highest BCUT2D eigenvalue weighted by Crippen LogP contribution is 2.19. The number of aromatic amines is 1. The lowest BCUT2D eigenvalue weighted by Crippen LogP contribution is -1.96. The summed E-state index contributed by atoms with van der Waals surface area (Å²) in [4.78, 5) is 4.21. The van der Waals surface area contributed by atoms with Crippen molar-refractivity contribution >= 4 is 11.0 Å². The standard InChI is InChI=1S/C11H15N3O/c1-3-4-5-15-9-6-10-8(2)13-14-11(10)12-7-9/h6-7H,3-5H2,1-2H3,(H,12,13,14). The fraction of sp³-hybridized carbons (Fsp3) is 0.455. The summed E-state index contributed by atoms with van der Waals surface area (Å²) in [6.45, 7) is 4.87. The second-order valence-electron chi connectivity index (χ2n) is 3.59. The van der Waals surface area contributed by atoms with Crippen molar-refractivity contribution in [1.29, 1.82) is 0 Å². The lowest BCUT2D eigenvalue weighted by molar-refractivity contribution is 0.309. The highest BCUT2D eigenvalue weighted by atomic mass is 16.5. The first-order valence-electron chi connectivity index (χ1n) is 5.24. The minimum atomic E-state index is 0.746. The molecular weight excluding hydrogens is 190 g/mol. The molecular formula is C11H15N3O. The van der Waals surface area contributed by atoms with Crippen LogP contribution in [0.1, 0.15) is 25.5 Å². The van der Waals surface area contributed by atoms with Crippen molar-refractivity contribution < 1.29 is 4.74 Å². The number of hydrogen-bond donors (Lipinski definition) is 1. The topological polar surface area (TPSA) is 50.8 Å². The Bertz CT molecular complexity index is 450. The van der Waals surface area contributed by atoms with Crippen LogP contribution < -0.4 is 4.74 Å². The molecule has 0 aromatic carbocycles. The third kappa shape index (κ3) is 2.09. The molecule has 0 amide bonds. The van der Waals surface area contributed by atoms with Crippen molar-refractivity contribution in [2.45, 2.75) is 26.7 Å². The zero-order valence-electron chi connectivity index (χ0n) is 9.08. The molecule has 15 heavy (non-hydrogen) atoms. The van der Waals surface area contributed by atoms with Crippen LogP contribution in [0.15, 0.2) is 12.3 Å². The number of hydrogen-bond acceptors (Lipinski definition) is 3. The van der Waals surface area contributed by atoms with Crippen molar-refractivity contribution in [3.63, 3.8) is 0 Å². The summed E-state index contributed by atoms with van der Waals surface area (Å²) in [5.74, 6) is 0.820. The van der Waals surface area contributed by atoms with Crippen LogP contribution in [0.25, 0.3) is 11.0 Å². The van der Waals surface area contributed by atoms with Crippen molar-refractivity contribution in [3.8, 4) is 5.75 Å². The molecule has 4 heteroatoms. The monoisotopic (exact) mass is 205 g/mol. The summed E-state index contributed by atoms with van der Waals surface area (Å²) >= 11 is 0. The van der Waals surface area contributed by atoms with Gasteiger partial charge in [-0.25, -0.2) is 4.98 Å². The molecule has 4 nitrogen and oxygen atoms in total. The van der Waals surface area contributed by atoms with Gasteiger partial charge in [0.15, 0.2) is 5.65 Å². The van der Waals surface area contributed by atoms with E-state index in [1.54, 1.807) is 6.20 Å². The van der Waals surface area contributed by atoms with Gasteiger partial charge in [0, 0.05) is 11.1 Å². The zero-order valence-corrected chi connectivity index (χ0v) is 9.08. The number of fused-ring (bicyclic) bond motifs is 1. The molecule has 0 saturated heterocycles. The van der Waals surface area contributed by atoms with Gasteiger partial charge in [-0.2, -0.15) is 5.10 Å². The van der Waals surface area contributed by atoms with Crippen LogP contribution in [0.5, 0.6) is 5.75 Å². The van der Waals surface area contributed by atoms with Crippen molar-refractivity contribution in [2.75, 3.05) is 6.61 Å². The Kier molecular flexibility index (Phi) is 2.85. The van der Waals surface area contributed by atoms with Crippen molar-refractivity contribution in [1.82, 2.24) is 15.2 Å². The average molecular weight is 205 g/mol. The number of rotatable bonds is 4. The Hall–Kier alpha value is -1.58. The molecule has 80 valence electrons. The maximum atomic E-state index is 5.57. The highest BCUT2D eigenvalue weighted by Gasteiger charge is 2.03. The Morgan fingerprint density at radius 1 is 1.47 bits per heavy atom. The van der Waals surface area contributed by atoms with Crippen LogP contribution in [0, 0.1) is 6.92 Å². The van der Waals surface area contributed by atoms with E-state index in [-0.39, 0.29) is 0 Å². The Balaban J connectivity index is 2.18. The van der Waals surface area contributed by atoms with Crippen LogP contribution in [0.2, 0.25) is 0 Å². The highest BCUT2D eigenvalue weighted by molar-refractivity contribution is 5.78. The summed E-state index contributed by atoms with van der Waals surface area (Å²) < 4.78 is 5.57. The number of aryl methyl sites for hydroxylation is 1. The molecule has 0 spiro atoms. The smallest absolute Gasteiger partial charge is 0.181 e. The third-order valence-corrected chi connectivity index (χ3v) is 2.34. The number of nitrogens with one attached hydrogen (secondary N) is 1. The Labute approximate surface area is 88.7 Å². The summed E-state index contributed by atoms with van der Waals surface area (Å²) in [6.07, 6.45) is 3.93. The largest absolute Gasteiger partial charge is 0.492 e. The Morgan fingerprint density at radius 3 is 3.13 bits per heavy atom. The van der Waals surface area contributed by atoms with E-state index < -0.39 is 0 Å². The number of ether oxygens (including phenoxy) is 1. The number of H-pyrrole nitrogens is 1. The maximum absolute atomic E-state index is 5.57. The van der Waals surface area contributed by atoms with E-state index in [9.17, 15) is 0 Å². The first kappa shape index (κ1) is 9.96. The van der Waals surface area contributed by atoms with Crippen LogP contribution in [0.3, 0.4) is 0 Å². The third-order valence-electron chi connectivity index (χ3n) is 2.34. The summed E-state index contributed by atoms with van der Waals surface area (Å²) in [5.41, 5.74) is 1.77. The SMILES string of the molecule is CCCCOc1cnc2n[nH]c(C)c2c1. The van der Waals surface area contributed by atoms with E-state index >= 15 is 0 Å². The molecule has 2 rings (SSSR count). The number of pyridine rings is 1. The van der Waals surface area contributed by atoms with Crippen molar-refractivity contribution in [2.24, 2.45) is 0 Å². The van der Waals surface area contributed by atoms with E-state index in [0.717, 1.165) is 41.9 Å². The second-order valence-corrected chi connectivity index (χ2v) is 3.59. The lowest BCUT2D eigenvalue weighted by atomic mass is 10.3. The fourth-order valence-electron chi connectivity index (χ4n) is 1.41. The lowest BCUT2D eigenvalue weighted by Gasteiger charge is -2.03. The second kappa shape index (κ2) is 4.29. The van der Waals surface area contributed by atoms with Crippen LogP contribution in [-0.4, -0.2) is 21.8 Å². The van der Waals surface area contributed by atoms with Gasteiger partial charge in [0.05, 0.1) is 12.8 Å². The van der Waals surface area contributed by atoms with E-state index in [2.05, 4.69) is 22.1 Å². The molecule has 0 aliphatic rings. The fourth-order valence-corrected chi connectivity index (χ4v) is 1.41. The number of aromatic nitrogens is 3. The first-order valence-corrected chi connectivity index (χ1v) is 5.24.